The summed E-state index contributed by atoms with van der Waals surface area (Å²) in [5.74, 6) is 0. The van der Waals surface area contributed by atoms with Gasteiger partial charge in [-0.3, -0.25) is 4.99 Å². The summed E-state index contributed by atoms with van der Waals surface area (Å²) in [4.78, 5) is 4.89. The quantitative estimate of drug-likeness (QED) is 0.842. The summed E-state index contributed by atoms with van der Waals surface area (Å²) in [5, 5.41) is 4.17. The number of hydrogen-bond donors (Lipinski definition) is 1. The molecule has 1 aromatic heterocycles. The predicted octanol–water partition coefficient (Wildman–Crippen LogP) is 3.31. The summed E-state index contributed by atoms with van der Waals surface area (Å²) in [6, 6.07) is 3.54. The first-order valence-electron chi connectivity index (χ1n) is 4.79. The van der Waals surface area contributed by atoms with Crippen molar-refractivity contribution in [1.29, 1.82) is 0 Å². The fourth-order valence-electron chi connectivity index (χ4n) is 1.44. The average Bonchev–Trinajstić information content (AvgIpc) is 2.67. The Bertz CT molecular complexity index is 462. The molecular formula is C10H8BrF3N2S. The van der Waals surface area contributed by atoms with Crippen molar-refractivity contribution in [2.75, 3.05) is 13.1 Å². The molecule has 2 heterocycles. The van der Waals surface area contributed by atoms with Crippen molar-refractivity contribution in [2.24, 2.45) is 4.99 Å². The van der Waals surface area contributed by atoms with Crippen molar-refractivity contribution in [3.05, 3.63) is 32.6 Å². The van der Waals surface area contributed by atoms with Crippen LogP contribution in [0.2, 0.25) is 0 Å². The van der Waals surface area contributed by atoms with Gasteiger partial charge >= 0.3 is 6.18 Å². The molecule has 0 atom stereocenters. The van der Waals surface area contributed by atoms with Crippen LogP contribution in [0.1, 0.15) is 4.88 Å². The summed E-state index contributed by atoms with van der Waals surface area (Å²) in [7, 11) is 0. The van der Waals surface area contributed by atoms with Gasteiger partial charge in [0.15, 0.2) is 0 Å². The third-order valence-corrected chi connectivity index (χ3v) is 3.80. The molecule has 2 rings (SSSR count). The van der Waals surface area contributed by atoms with Gasteiger partial charge in [-0.1, -0.05) is 6.07 Å². The maximum Gasteiger partial charge on any atom is 0.432 e. The fourth-order valence-corrected chi connectivity index (χ4v) is 3.01. The first kappa shape index (κ1) is 12.6. The van der Waals surface area contributed by atoms with Crippen LogP contribution in [-0.4, -0.2) is 25.0 Å². The largest absolute Gasteiger partial charge is 0.432 e. The Kier molecular flexibility index (Phi) is 3.58. The summed E-state index contributed by atoms with van der Waals surface area (Å²) in [6.07, 6.45) is -4.40. The van der Waals surface area contributed by atoms with Gasteiger partial charge in [0.1, 0.15) is 5.70 Å². The second-order valence-electron chi connectivity index (χ2n) is 3.32. The Morgan fingerprint density at radius 3 is 2.76 bits per heavy atom. The molecule has 17 heavy (non-hydrogen) atoms. The number of halogens is 4. The first-order chi connectivity index (χ1) is 8.00. The highest BCUT2D eigenvalue weighted by Crippen LogP contribution is 2.32. The van der Waals surface area contributed by atoms with E-state index in [9.17, 15) is 13.2 Å². The standard InChI is InChI=1S/C10H8BrF3N2S/c11-7-8(6-2-1-5-17-6)15-3-4-16-9(7)10(12,13)14/h1-2,5,16H,3-4H2. The highest BCUT2D eigenvalue weighted by Gasteiger charge is 2.38. The number of rotatable bonds is 1. The molecule has 92 valence electrons. The Labute approximate surface area is 108 Å². The molecule has 0 bridgehead atoms. The molecule has 7 heteroatoms. The van der Waals surface area contributed by atoms with Crippen LogP contribution in [0.5, 0.6) is 0 Å². The molecule has 0 amide bonds. The molecular weight excluding hydrogens is 317 g/mol. The third-order valence-electron chi connectivity index (χ3n) is 2.15. The van der Waals surface area contributed by atoms with E-state index in [1.807, 2.05) is 5.38 Å². The van der Waals surface area contributed by atoms with Crippen molar-refractivity contribution in [3.8, 4) is 0 Å². The highest BCUT2D eigenvalue weighted by atomic mass is 79.9. The Balaban J connectivity index is 2.47. The third kappa shape index (κ3) is 2.71. The summed E-state index contributed by atoms with van der Waals surface area (Å²) in [5.41, 5.74) is -0.403. The second kappa shape index (κ2) is 4.81. The minimum Gasteiger partial charge on any atom is -0.378 e. The monoisotopic (exact) mass is 324 g/mol. The van der Waals surface area contributed by atoms with Crippen molar-refractivity contribution in [2.45, 2.75) is 6.18 Å². The summed E-state index contributed by atoms with van der Waals surface area (Å²) in [6.45, 7) is 0.501. The average molecular weight is 325 g/mol. The van der Waals surface area contributed by atoms with Crippen molar-refractivity contribution < 1.29 is 13.2 Å². The van der Waals surface area contributed by atoms with Crippen LogP contribution in [-0.2, 0) is 0 Å². The van der Waals surface area contributed by atoms with E-state index in [4.69, 9.17) is 0 Å². The van der Waals surface area contributed by atoms with E-state index in [2.05, 4.69) is 26.2 Å². The lowest BCUT2D eigenvalue weighted by atomic mass is 10.2. The Hall–Kier alpha value is -0.820. The molecule has 1 aromatic rings. The van der Waals surface area contributed by atoms with Crippen LogP contribution in [0, 0.1) is 0 Å². The lowest BCUT2D eigenvalue weighted by Gasteiger charge is -2.14. The molecule has 0 saturated heterocycles. The minimum absolute atomic E-state index is 0.0232. The van der Waals surface area contributed by atoms with Crippen LogP contribution in [0.25, 0.3) is 0 Å². The molecule has 0 aliphatic carbocycles. The zero-order valence-corrected chi connectivity index (χ0v) is 10.9. The molecule has 0 unspecified atom stereocenters. The maximum atomic E-state index is 12.8. The molecule has 1 aliphatic rings. The molecule has 0 spiro atoms. The van der Waals surface area contributed by atoms with Gasteiger partial charge in [-0.2, -0.15) is 13.2 Å². The molecule has 0 fully saturated rings. The summed E-state index contributed by atoms with van der Waals surface area (Å²) < 4.78 is 38.3. The van der Waals surface area contributed by atoms with E-state index in [0.29, 0.717) is 12.3 Å². The molecule has 0 aromatic carbocycles. The van der Waals surface area contributed by atoms with Gasteiger partial charge in [-0.25, -0.2) is 0 Å². The number of nitrogens with zero attached hydrogens (tertiary/aromatic N) is 1. The van der Waals surface area contributed by atoms with Gasteiger partial charge in [0.25, 0.3) is 0 Å². The smallest absolute Gasteiger partial charge is 0.378 e. The zero-order valence-electron chi connectivity index (χ0n) is 8.51. The van der Waals surface area contributed by atoms with Gasteiger partial charge in [-0.05, 0) is 27.4 Å². The number of alkyl halides is 3. The van der Waals surface area contributed by atoms with Gasteiger partial charge in [-0.15, -0.1) is 11.3 Å². The molecule has 1 N–H and O–H groups in total. The van der Waals surface area contributed by atoms with Gasteiger partial charge in [0.2, 0.25) is 0 Å². The number of allylic oxidation sites excluding steroid dienone is 2. The van der Waals surface area contributed by atoms with Crippen LogP contribution >= 0.6 is 27.3 Å². The second-order valence-corrected chi connectivity index (χ2v) is 5.06. The van der Waals surface area contributed by atoms with Gasteiger partial charge in [0.05, 0.1) is 21.6 Å². The van der Waals surface area contributed by atoms with Gasteiger partial charge < -0.3 is 5.32 Å². The molecule has 2 nitrogen and oxygen atoms in total. The summed E-state index contributed by atoms with van der Waals surface area (Å²) >= 11 is 4.37. The van der Waals surface area contributed by atoms with E-state index >= 15 is 0 Å². The lowest BCUT2D eigenvalue weighted by molar-refractivity contribution is -0.0965. The topological polar surface area (TPSA) is 24.4 Å². The SMILES string of the molecule is FC(F)(F)C1=C(Br)C(c2cccs2)=NCCN1. The van der Waals surface area contributed by atoms with Crippen LogP contribution in [0.3, 0.4) is 0 Å². The van der Waals surface area contributed by atoms with Crippen molar-refractivity contribution >= 4 is 33.0 Å². The number of thiophene rings is 1. The zero-order chi connectivity index (χ0) is 12.5. The number of aliphatic imine (C=N–C) groups is 1. The molecule has 1 aliphatic heterocycles. The van der Waals surface area contributed by atoms with E-state index < -0.39 is 11.9 Å². The highest BCUT2D eigenvalue weighted by molar-refractivity contribution is 9.12. The van der Waals surface area contributed by atoms with Crippen LogP contribution in [0.4, 0.5) is 13.2 Å². The van der Waals surface area contributed by atoms with Crippen molar-refractivity contribution in [1.82, 2.24) is 5.32 Å². The maximum absolute atomic E-state index is 12.8. The fraction of sp³-hybridized carbons (Fsp3) is 0.300. The van der Waals surface area contributed by atoms with E-state index in [0.717, 1.165) is 4.88 Å². The predicted molar refractivity (Wildman–Crippen MR) is 65.7 cm³/mol. The van der Waals surface area contributed by atoms with E-state index in [-0.39, 0.29) is 11.0 Å². The first-order valence-corrected chi connectivity index (χ1v) is 6.47. The molecule has 0 radical (unpaired) electrons. The van der Waals surface area contributed by atoms with Gasteiger partial charge in [0, 0.05) is 6.54 Å². The minimum atomic E-state index is -4.40. The number of hydrogen-bond acceptors (Lipinski definition) is 3. The van der Waals surface area contributed by atoms with E-state index in [1.54, 1.807) is 12.1 Å². The number of nitrogens with one attached hydrogen (secondary N) is 1. The van der Waals surface area contributed by atoms with Crippen molar-refractivity contribution in [3.63, 3.8) is 0 Å². The molecule has 0 saturated carbocycles. The van der Waals surface area contributed by atoms with Crippen LogP contribution < -0.4 is 5.32 Å². The van der Waals surface area contributed by atoms with Crippen LogP contribution in [0.15, 0.2) is 32.7 Å². The normalized spacial score (nSPS) is 17.5. The Morgan fingerprint density at radius 2 is 2.18 bits per heavy atom. The van der Waals surface area contributed by atoms with E-state index in [1.165, 1.54) is 11.3 Å². The Morgan fingerprint density at radius 1 is 1.41 bits per heavy atom. The lowest BCUT2D eigenvalue weighted by Crippen LogP contribution is -2.28.